The molecule has 4 nitrogen and oxygen atoms in total. The molecule has 3 N–H and O–H groups in total. The van der Waals surface area contributed by atoms with Gasteiger partial charge in [-0.2, -0.15) is 0 Å². The van der Waals surface area contributed by atoms with Crippen LogP contribution in [0.4, 0.5) is 0 Å². The van der Waals surface area contributed by atoms with Gasteiger partial charge < -0.3 is 20.3 Å². The maximum atomic E-state index is 10.3. The molecule has 0 heterocycles. The topological polar surface area (TPSA) is 64.7 Å². The molecule has 1 aromatic carbocycles. The Kier molecular flexibility index (Phi) is 2.78. The van der Waals surface area contributed by atoms with Crippen LogP contribution in [0.3, 0.4) is 0 Å². The first kappa shape index (κ1) is 11.2. The van der Waals surface area contributed by atoms with Gasteiger partial charge in [0.1, 0.15) is 11.5 Å². The Morgan fingerprint density at radius 2 is 2.00 bits per heavy atom. The van der Waals surface area contributed by atoms with Crippen molar-refractivity contribution in [3.63, 3.8) is 0 Å². The zero-order chi connectivity index (χ0) is 11.8. The van der Waals surface area contributed by atoms with E-state index in [4.69, 9.17) is 15.2 Å². The van der Waals surface area contributed by atoms with Crippen LogP contribution >= 0.6 is 0 Å². The summed E-state index contributed by atoms with van der Waals surface area (Å²) in [4.78, 5) is 0. The highest BCUT2D eigenvalue weighted by molar-refractivity contribution is 5.45. The van der Waals surface area contributed by atoms with Gasteiger partial charge in [-0.15, -0.1) is 0 Å². The van der Waals surface area contributed by atoms with Gasteiger partial charge in [0.05, 0.1) is 19.8 Å². The lowest BCUT2D eigenvalue weighted by atomic mass is 9.71. The summed E-state index contributed by atoms with van der Waals surface area (Å²) in [6.07, 6.45) is 1.16. The van der Waals surface area contributed by atoms with Crippen LogP contribution in [-0.4, -0.2) is 25.4 Å². The Labute approximate surface area is 95.0 Å². The van der Waals surface area contributed by atoms with E-state index < -0.39 is 5.60 Å². The number of methoxy groups -OCH3 is 2. The minimum Gasteiger partial charge on any atom is -0.497 e. The fraction of sp³-hybridized carbons (Fsp3) is 0.500. The second-order valence-electron chi connectivity index (χ2n) is 4.27. The maximum absolute atomic E-state index is 10.3. The van der Waals surface area contributed by atoms with E-state index in [-0.39, 0.29) is 6.04 Å². The lowest BCUT2D eigenvalue weighted by molar-refractivity contribution is -0.0538. The van der Waals surface area contributed by atoms with Gasteiger partial charge >= 0.3 is 0 Å². The molecule has 1 saturated carbocycles. The van der Waals surface area contributed by atoms with Gasteiger partial charge in [-0.3, -0.25) is 0 Å². The molecule has 0 spiro atoms. The zero-order valence-electron chi connectivity index (χ0n) is 9.56. The van der Waals surface area contributed by atoms with Crippen molar-refractivity contribution in [1.82, 2.24) is 0 Å². The van der Waals surface area contributed by atoms with Crippen molar-refractivity contribution in [2.45, 2.75) is 24.5 Å². The highest BCUT2D eigenvalue weighted by Crippen LogP contribution is 2.45. The molecule has 88 valence electrons. The van der Waals surface area contributed by atoms with Crippen LogP contribution in [0, 0.1) is 0 Å². The molecule has 0 atom stereocenters. The summed E-state index contributed by atoms with van der Waals surface area (Å²) in [6.45, 7) is 0. The highest BCUT2D eigenvalue weighted by Gasteiger charge is 2.43. The largest absolute Gasteiger partial charge is 0.497 e. The molecule has 0 amide bonds. The molecular formula is C12H17NO3. The molecule has 16 heavy (non-hydrogen) atoms. The molecule has 1 fully saturated rings. The second-order valence-corrected chi connectivity index (χ2v) is 4.27. The summed E-state index contributed by atoms with van der Waals surface area (Å²) in [5, 5.41) is 10.3. The summed E-state index contributed by atoms with van der Waals surface area (Å²) < 4.78 is 10.4. The van der Waals surface area contributed by atoms with Crippen LogP contribution in [0.5, 0.6) is 11.5 Å². The minimum atomic E-state index is -0.836. The SMILES string of the molecule is COc1ccc(C2(O)CC(N)C2)c(OC)c1. The second kappa shape index (κ2) is 3.96. The Morgan fingerprint density at radius 3 is 2.50 bits per heavy atom. The average Bonchev–Trinajstić information content (AvgIpc) is 2.26. The first-order valence-corrected chi connectivity index (χ1v) is 5.29. The van der Waals surface area contributed by atoms with Crippen LogP contribution in [0.25, 0.3) is 0 Å². The first-order valence-electron chi connectivity index (χ1n) is 5.29. The van der Waals surface area contributed by atoms with Gasteiger partial charge in [-0.25, -0.2) is 0 Å². The van der Waals surface area contributed by atoms with Gasteiger partial charge in [-0.05, 0) is 25.0 Å². The van der Waals surface area contributed by atoms with Crippen molar-refractivity contribution in [3.8, 4) is 11.5 Å². The van der Waals surface area contributed by atoms with E-state index in [0.717, 1.165) is 5.56 Å². The molecule has 2 rings (SSSR count). The van der Waals surface area contributed by atoms with Gasteiger partial charge in [0.25, 0.3) is 0 Å². The molecule has 0 aliphatic heterocycles. The minimum absolute atomic E-state index is 0.0804. The average molecular weight is 223 g/mol. The third-order valence-corrected chi connectivity index (χ3v) is 3.11. The summed E-state index contributed by atoms with van der Waals surface area (Å²) in [7, 11) is 3.18. The monoisotopic (exact) mass is 223 g/mol. The molecule has 0 unspecified atom stereocenters. The Morgan fingerprint density at radius 1 is 1.31 bits per heavy atom. The van der Waals surface area contributed by atoms with Crippen molar-refractivity contribution in [3.05, 3.63) is 23.8 Å². The molecular weight excluding hydrogens is 206 g/mol. The molecule has 0 saturated heterocycles. The normalized spacial score (nSPS) is 28.4. The molecule has 0 bridgehead atoms. The highest BCUT2D eigenvalue weighted by atomic mass is 16.5. The van der Waals surface area contributed by atoms with Crippen LogP contribution in [-0.2, 0) is 5.60 Å². The lowest BCUT2D eigenvalue weighted by Gasteiger charge is -2.42. The Hall–Kier alpha value is -1.26. The van der Waals surface area contributed by atoms with E-state index in [9.17, 15) is 5.11 Å². The van der Waals surface area contributed by atoms with Crippen LogP contribution in [0.2, 0.25) is 0 Å². The van der Waals surface area contributed by atoms with Crippen molar-refractivity contribution < 1.29 is 14.6 Å². The fourth-order valence-electron chi connectivity index (χ4n) is 2.21. The predicted octanol–water partition coefficient (Wildman–Crippen LogP) is 1.01. The fourth-order valence-corrected chi connectivity index (χ4v) is 2.21. The van der Waals surface area contributed by atoms with Crippen molar-refractivity contribution >= 4 is 0 Å². The van der Waals surface area contributed by atoms with Gasteiger partial charge in [-0.1, -0.05) is 0 Å². The van der Waals surface area contributed by atoms with E-state index >= 15 is 0 Å². The van der Waals surface area contributed by atoms with Crippen molar-refractivity contribution in [2.75, 3.05) is 14.2 Å². The van der Waals surface area contributed by atoms with E-state index in [2.05, 4.69) is 0 Å². The lowest BCUT2D eigenvalue weighted by Crippen LogP contribution is -2.49. The van der Waals surface area contributed by atoms with Crippen LogP contribution in [0.15, 0.2) is 18.2 Å². The summed E-state index contributed by atoms with van der Waals surface area (Å²) in [6, 6.07) is 5.51. The van der Waals surface area contributed by atoms with Crippen LogP contribution in [0.1, 0.15) is 18.4 Å². The number of nitrogens with two attached hydrogens (primary N) is 1. The van der Waals surface area contributed by atoms with Crippen LogP contribution < -0.4 is 15.2 Å². The van der Waals surface area contributed by atoms with E-state index in [1.807, 2.05) is 12.1 Å². The van der Waals surface area contributed by atoms with E-state index in [1.165, 1.54) is 0 Å². The molecule has 1 aliphatic rings. The Bertz CT molecular complexity index is 386. The van der Waals surface area contributed by atoms with Gasteiger partial charge in [0.2, 0.25) is 0 Å². The van der Waals surface area contributed by atoms with Gasteiger partial charge in [0.15, 0.2) is 0 Å². The summed E-state index contributed by atoms with van der Waals surface area (Å²) in [5.74, 6) is 1.36. The number of hydrogen-bond acceptors (Lipinski definition) is 4. The van der Waals surface area contributed by atoms with Crippen molar-refractivity contribution in [1.29, 1.82) is 0 Å². The first-order chi connectivity index (χ1) is 7.59. The third-order valence-electron chi connectivity index (χ3n) is 3.11. The molecule has 1 aromatic rings. The summed E-state index contributed by atoms with van der Waals surface area (Å²) in [5.41, 5.74) is 5.67. The smallest absolute Gasteiger partial charge is 0.128 e. The molecule has 0 radical (unpaired) electrons. The predicted molar refractivity (Wildman–Crippen MR) is 60.7 cm³/mol. The maximum Gasteiger partial charge on any atom is 0.128 e. The molecule has 0 aromatic heterocycles. The number of aliphatic hydroxyl groups is 1. The van der Waals surface area contributed by atoms with Crippen molar-refractivity contribution in [2.24, 2.45) is 5.73 Å². The van der Waals surface area contributed by atoms with E-state index in [0.29, 0.717) is 24.3 Å². The van der Waals surface area contributed by atoms with Gasteiger partial charge in [0, 0.05) is 17.7 Å². The molecule has 4 heteroatoms. The third kappa shape index (κ3) is 1.74. The number of hydrogen-bond donors (Lipinski definition) is 2. The molecule has 1 aliphatic carbocycles. The van der Waals surface area contributed by atoms with E-state index in [1.54, 1.807) is 20.3 Å². The number of rotatable bonds is 3. The number of benzene rings is 1. The zero-order valence-corrected chi connectivity index (χ0v) is 9.56. The Balaban J connectivity index is 2.34. The number of ether oxygens (including phenoxy) is 2. The quantitative estimate of drug-likeness (QED) is 0.802. The standard InChI is InChI=1S/C12H17NO3/c1-15-9-3-4-10(11(5-9)16-2)12(14)6-8(13)7-12/h3-5,8,14H,6-7,13H2,1-2H3. The summed E-state index contributed by atoms with van der Waals surface area (Å²) >= 11 is 0.